The summed E-state index contributed by atoms with van der Waals surface area (Å²) in [5.41, 5.74) is 0. The van der Waals surface area contributed by atoms with Gasteiger partial charge >= 0.3 is 0 Å². The fourth-order valence-electron chi connectivity index (χ4n) is 1.18. The van der Waals surface area contributed by atoms with Crippen LogP contribution in [0.15, 0.2) is 0 Å². The van der Waals surface area contributed by atoms with Crippen molar-refractivity contribution in [1.29, 1.82) is 0 Å². The molecule has 1 saturated heterocycles. The molecule has 0 radical (unpaired) electrons. The number of rotatable bonds is 1. The second-order valence-electron chi connectivity index (χ2n) is 2.88. The number of halogens is 2. The fraction of sp³-hybridized carbons (Fsp3) is 1.00. The SMILES string of the molecule is CO[C@@H]1CCC(F)(F)CNC1. The highest BCUT2D eigenvalue weighted by atomic mass is 19.3. The van der Waals surface area contributed by atoms with Gasteiger partial charge in [0.05, 0.1) is 12.6 Å². The highest BCUT2D eigenvalue weighted by Crippen LogP contribution is 2.22. The zero-order valence-electron chi connectivity index (χ0n) is 6.57. The Morgan fingerprint density at radius 2 is 2.27 bits per heavy atom. The molecule has 11 heavy (non-hydrogen) atoms. The Labute approximate surface area is 64.9 Å². The van der Waals surface area contributed by atoms with Crippen LogP contribution in [0, 0.1) is 0 Å². The maximum absolute atomic E-state index is 12.7. The summed E-state index contributed by atoms with van der Waals surface area (Å²) < 4.78 is 30.3. The minimum Gasteiger partial charge on any atom is -0.380 e. The van der Waals surface area contributed by atoms with Crippen LogP contribution < -0.4 is 5.32 Å². The first-order valence-electron chi connectivity index (χ1n) is 3.75. The molecule has 0 aliphatic carbocycles. The molecule has 0 saturated carbocycles. The summed E-state index contributed by atoms with van der Waals surface area (Å²) in [4.78, 5) is 0. The van der Waals surface area contributed by atoms with Crippen LogP contribution in [0.25, 0.3) is 0 Å². The van der Waals surface area contributed by atoms with Crippen LogP contribution in [0.2, 0.25) is 0 Å². The number of nitrogens with one attached hydrogen (secondary N) is 1. The largest absolute Gasteiger partial charge is 0.380 e. The highest BCUT2D eigenvalue weighted by molar-refractivity contribution is 4.78. The van der Waals surface area contributed by atoms with Gasteiger partial charge in [-0.3, -0.25) is 0 Å². The van der Waals surface area contributed by atoms with Gasteiger partial charge in [0, 0.05) is 20.1 Å². The van der Waals surface area contributed by atoms with Gasteiger partial charge < -0.3 is 10.1 Å². The lowest BCUT2D eigenvalue weighted by molar-refractivity contribution is -0.00677. The van der Waals surface area contributed by atoms with Crippen LogP contribution in [0.1, 0.15) is 12.8 Å². The summed E-state index contributed by atoms with van der Waals surface area (Å²) in [5, 5.41) is 2.66. The molecule has 0 aromatic rings. The van der Waals surface area contributed by atoms with E-state index in [4.69, 9.17) is 4.74 Å². The topological polar surface area (TPSA) is 21.3 Å². The summed E-state index contributed by atoms with van der Waals surface area (Å²) in [5.74, 6) is -2.55. The van der Waals surface area contributed by atoms with Crippen molar-refractivity contribution in [3.05, 3.63) is 0 Å². The molecule has 0 unspecified atom stereocenters. The Balaban J connectivity index is 2.39. The highest BCUT2D eigenvalue weighted by Gasteiger charge is 2.32. The monoisotopic (exact) mass is 165 g/mol. The molecule has 1 heterocycles. The van der Waals surface area contributed by atoms with E-state index in [1.165, 1.54) is 0 Å². The maximum atomic E-state index is 12.7. The Kier molecular flexibility index (Phi) is 2.78. The third-order valence-electron chi connectivity index (χ3n) is 1.92. The van der Waals surface area contributed by atoms with Gasteiger partial charge in [-0.2, -0.15) is 0 Å². The minimum absolute atomic E-state index is 0.0524. The molecule has 0 spiro atoms. The first-order valence-corrected chi connectivity index (χ1v) is 3.75. The smallest absolute Gasteiger partial charge is 0.260 e. The summed E-state index contributed by atoms with van der Waals surface area (Å²) in [7, 11) is 1.55. The first kappa shape index (κ1) is 8.87. The Hall–Kier alpha value is -0.220. The van der Waals surface area contributed by atoms with E-state index in [0.29, 0.717) is 13.0 Å². The van der Waals surface area contributed by atoms with E-state index in [0.717, 1.165) is 0 Å². The van der Waals surface area contributed by atoms with Gasteiger partial charge in [0.1, 0.15) is 0 Å². The third-order valence-corrected chi connectivity index (χ3v) is 1.92. The molecule has 1 atom stereocenters. The molecule has 1 rings (SSSR count). The molecular formula is C7H13F2NO. The average molecular weight is 165 g/mol. The van der Waals surface area contributed by atoms with E-state index in [1.807, 2.05) is 0 Å². The molecule has 1 aliphatic rings. The number of alkyl halides is 2. The lowest BCUT2D eigenvalue weighted by atomic mass is 10.1. The van der Waals surface area contributed by atoms with E-state index in [-0.39, 0.29) is 19.1 Å². The van der Waals surface area contributed by atoms with Crippen LogP contribution in [0.5, 0.6) is 0 Å². The van der Waals surface area contributed by atoms with Gasteiger partial charge in [-0.1, -0.05) is 0 Å². The molecule has 0 amide bonds. The zero-order valence-corrected chi connectivity index (χ0v) is 6.57. The van der Waals surface area contributed by atoms with Crippen LogP contribution in [0.3, 0.4) is 0 Å². The fourth-order valence-corrected chi connectivity index (χ4v) is 1.18. The molecule has 1 N–H and O–H groups in total. The quantitative estimate of drug-likeness (QED) is 0.626. The molecule has 0 bridgehead atoms. The van der Waals surface area contributed by atoms with Crippen molar-refractivity contribution in [3.63, 3.8) is 0 Å². The van der Waals surface area contributed by atoms with E-state index in [1.54, 1.807) is 7.11 Å². The standard InChI is InChI=1S/C7H13F2NO/c1-11-6-2-3-7(8,9)5-10-4-6/h6,10H,2-5H2,1H3/t6-/m1/s1. The molecule has 1 aliphatic heterocycles. The van der Waals surface area contributed by atoms with E-state index in [2.05, 4.69) is 5.32 Å². The zero-order chi connectivity index (χ0) is 8.32. The van der Waals surface area contributed by atoms with E-state index < -0.39 is 5.92 Å². The number of methoxy groups -OCH3 is 1. The average Bonchev–Trinajstić information content (AvgIpc) is 2.10. The first-order chi connectivity index (χ1) is 5.14. The summed E-state index contributed by atoms with van der Waals surface area (Å²) >= 11 is 0. The normalized spacial score (nSPS) is 31.4. The van der Waals surface area contributed by atoms with Gasteiger partial charge in [-0.05, 0) is 6.42 Å². The second kappa shape index (κ2) is 3.45. The van der Waals surface area contributed by atoms with Gasteiger partial charge in [-0.25, -0.2) is 8.78 Å². The van der Waals surface area contributed by atoms with Gasteiger partial charge in [0.25, 0.3) is 5.92 Å². The van der Waals surface area contributed by atoms with Crippen molar-refractivity contribution in [2.24, 2.45) is 0 Å². The summed E-state index contributed by atoms with van der Waals surface area (Å²) in [6.45, 7) is 0.318. The molecule has 1 fully saturated rings. The van der Waals surface area contributed by atoms with E-state index in [9.17, 15) is 8.78 Å². The predicted molar refractivity (Wildman–Crippen MR) is 37.8 cm³/mol. The maximum Gasteiger partial charge on any atom is 0.260 e. The van der Waals surface area contributed by atoms with Crippen molar-refractivity contribution in [1.82, 2.24) is 5.32 Å². The van der Waals surface area contributed by atoms with Crippen molar-refractivity contribution in [2.75, 3.05) is 20.2 Å². The molecule has 4 heteroatoms. The van der Waals surface area contributed by atoms with Gasteiger partial charge in [0.2, 0.25) is 0 Å². The molecular weight excluding hydrogens is 152 g/mol. The third kappa shape index (κ3) is 2.71. The van der Waals surface area contributed by atoms with Gasteiger partial charge in [-0.15, -0.1) is 0 Å². The Morgan fingerprint density at radius 3 is 2.91 bits per heavy atom. The number of hydrogen-bond donors (Lipinski definition) is 1. The molecule has 66 valence electrons. The Morgan fingerprint density at radius 1 is 1.55 bits per heavy atom. The van der Waals surface area contributed by atoms with Crippen LogP contribution in [-0.4, -0.2) is 32.2 Å². The van der Waals surface area contributed by atoms with Crippen LogP contribution >= 0.6 is 0 Å². The summed E-state index contributed by atoms with van der Waals surface area (Å²) in [6, 6.07) is 0. The lowest BCUT2D eigenvalue weighted by Crippen LogP contribution is -2.32. The van der Waals surface area contributed by atoms with Crippen molar-refractivity contribution >= 4 is 0 Å². The number of hydrogen-bond acceptors (Lipinski definition) is 2. The molecule has 0 aromatic carbocycles. The van der Waals surface area contributed by atoms with E-state index >= 15 is 0 Å². The summed E-state index contributed by atoms with van der Waals surface area (Å²) in [6.07, 6.45) is 0.318. The van der Waals surface area contributed by atoms with Crippen LogP contribution in [-0.2, 0) is 4.74 Å². The predicted octanol–water partition coefficient (Wildman–Crippen LogP) is 1.02. The van der Waals surface area contributed by atoms with Crippen molar-refractivity contribution < 1.29 is 13.5 Å². The Bertz CT molecular complexity index is 130. The molecule has 2 nitrogen and oxygen atoms in total. The number of ether oxygens (including phenoxy) is 1. The van der Waals surface area contributed by atoms with Crippen molar-refractivity contribution in [3.8, 4) is 0 Å². The lowest BCUT2D eigenvalue weighted by Gasteiger charge is -2.12. The molecule has 0 aromatic heterocycles. The minimum atomic E-state index is -2.55. The van der Waals surface area contributed by atoms with Crippen LogP contribution in [0.4, 0.5) is 8.78 Å². The second-order valence-corrected chi connectivity index (χ2v) is 2.88. The van der Waals surface area contributed by atoms with Crippen molar-refractivity contribution in [2.45, 2.75) is 24.9 Å². The van der Waals surface area contributed by atoms with Gasteiger partial charge in [0.15, 0.2) is 0 Å².